The molecule has 0 unspecified atom stereocenters. The summed E-state index contributed by atoms with van der Waals surface area (Å²) >= 11 is 0. The minimum Gasteiger partial charge on any atom is -0.467 e. The minimum absolute atomic E-state index is 0.0708. The fourth-order valence-electron chi connectivity index (χ4n) is 3.50. The molecular weight excluding hydrogens is 456 g/mol. The van der Waals surface area contributed by atoms with Gasteiger partial charge in [0.1, 0.15) is 18.7 Å². The average Bonchev–Trinajstić information content (AvgIpc) is 2.92. The van der Waals surface area contributed by atoms with Crippen molar-refractivity contribution in [3.8, 4) is 0 Å². The summed E-state index contributed by atoms with van der Waals surface area (Å²) in [6.07, 6.45) is 3.38. The van der Waals surface area contributed by atoms with Crippen LogP contribution >= 0.6 is 0 Å². The first kappa shape index (κ1) is 26.2. The number of benzene rings is 3. The maximum atomic E-state index is 13.2. The monoisotopic (exact) mass is 486 g/mol. The Balaban J connectivity index is 1.67. The molecule has 0 bridgehead atoms. The zero-order chi connectivity index (χ0) is 25.6. The molecule has 7 heteroatoms. The molecule has 0 aliphatic heterocycles. The van der Waals surface area contributed by atoms with Gasteiger partial charge in [0.25, 0.3) is 0 Å². The quantitative estimate of drug-likeness (QED) is 0.395. The summed E-state index contributed by atoms with van der Waals surface area (Å²) in [6, 6.07) is 26.3. The number of methoxy groups -OCH3 is 1. The molecule has 0 aliphatic carbocycles. The number of carbonyl (C=O) groups excluding carboxylic acids is 3. The smallest absolute Gasteiger partial charge is 0.408 e. The molecule has 36 heavy (non-hydrogen) atoms. The van der Waals surface area contributed by atoms with Gasteiger partial charge >= 0.3 is 12.1 Å². The number of nitrogens with one attached hydrogen (secondary N) is 2. The van der Waals surface area contributed by atoms with Gasteiger partial charge in [-0.25, -0.2) is 9.59 Å². The number of hydrogen-bond donors (Lipinski definition) is 2. The third-order valence-electron chi connectivity index (χ3n) is 5.39. The molecule has 2 atom stereocenters. The second-order valence-corrected chi connectivity index (χ2v) is 8.08. The summed E-state index contributed by atoms with van der Waals surface area (Å²) in [5.74, 6) is -1.09. The molecule has 3 aromatic carbocycles. The van der Waals surface area contributed by atoms with Crippen LogP contribution in [0.15, 0.2) is 97.1 Å². The van der Waals surface area contributed by atoms with Crippen molar-refractivity contribution in [1.82, 2.24) is 10.6 Å². The second kappa shape index (κ2) is 14.1. The third kappa shape index (κ3) is 8.76. The SMILES string of the molecule is COC(=O)[C@@H](C/C=C/c1ccccc1)NC(=O)[C@@H](Cc1ccccc1)NC(=O)OCc1ccccc1. The van der Waals surface area contributed by atoms with Crippen LogP contribution in [0.1, 0.15) is 23.1 Å². The average molecular weight is 487 g/mol. The standard InChI is InChI=1S/C29H30N2O5/c1-35-28(33)25(19-11-18-22-12-5-2-6-13-22)30-27(32)26(20-23-14-7-3-8-15-23)31-29(34)36-21-24-16-9-4-10-17-24/h2-18,25-26H,19-21H2,1H3,(H,30,32)(H,31,34)/b18-11+/t25-,26-/m1/s1. The highest BCUT2D eigenvalue weighted by atomic mass is 16.5. The van der Waals surface area contributed by atoms with Crippen molar-refractivity contribution in [2.45, 2.75) is 31.5 Å². The van der Waals surface area contributed by atoms with Crippen LogP contribution in [0.5, 0.6) is 0 Å². The normalized spacial score (nSPS) is 12.4. The molecule has 0 fully saturated rings. The van der Waals surface area contributed by atoms with Crippen LogP contribution in [0.4, 0.5) is 4.79 Å². The summed E-state index contributed by atoms with van der Waals surface area (Å²) in [6.45, 7) is 0.0708. The van der Waals surface area contributed by atoms with Crippen LogP contribution in [0.25, 0.3) is 6.08 Å². The van der Waals surface area contributed by atoms with Gasteiger partial charge in [-0.1, -0.05) is 103 Å². The van der Waals surface area contributed by atoms with Gasteiger partial charge in [-0.05, 0) is 23.1 Å². The largest absolute Gasteiger partial charge is 0.467 e. The van der Waals surface area contributed by atoms with Crippen LogP contribution in [-0.2, 0) is 32.1 Å². The molecule has 0 radical (unpaired) electrons. The number of ether oxygens (including phenoxy) is 2. The summed E-state index contributed by atoms with van der Waals surface area (Å²) in [5, 5.41) is 5.35. The van der Waals surface area contributed by atoms with Crippen molar-refractivity contribution in [3.63, 3.8) is 0 Å². The van der Waals surface area contributed by atoms with Crippen LogP contribution in [-0.4, -0.2) is 37.2 Å². The van der Waals surface area contributed by atoms with E-state index in [1.54, 1.807) is 6.08 Å². The Bertz CT molecular complexity index is 1130. The van der Waals surface area contributed by atoms with E-state index in [1.807, 2.05) is 97.1 Å². The van der Waals surface area contributed by atoms with Crippen LogP contribution in [0, 0.1) is 0 Å². The molecule has 0 saturated carbocycles. The number of hydrogen-bond acceptors (Lipinski definition) is 5. The maximum absolute atomic E-state index is 13.2. The first-order valence-electron chi connectivity index (χ1n) is 11.7. The molecule has 2 N–H and O–H groups in total. The molecule has 2 amide bonds. The molecule has 0 saturated heterocycles. The molecule has 0 heterocycles. The highest BCUT2D eigenvalue weighted by Crippen LogP contribution is 2.08. The van der Waals surface area contributed by atoms with Crippen molar-refractivity contribution in [1.29, 1.82) is 0 Å². The fourth-order valence-corrected chi connectivity index (χ4v) is 3.50. The van der Waals surface area contributed by atoms with E-state index in [9.17, 15) is 14.4 Å². The van der Waals surface area contributed by atoms with E-state index in [-0.39, 0.29) is 19.4 Å². The van der Waals surface area contributed by atoms with Crippen LogP contribution in [0.3, 0.4) is 0 Å². The Labute approximate surface area is 211 Å². The molecule has 0 aliphatic rings. The zero-order valence-corrected chi connectivity index (χ0v) is 20.1. The highest BCUT2D eigenvalue weighted by molar-refractivity contribution is 5.90. The molecule has 7 nitrogen and oxygen atoms in total. The number of alkyl carbamates (subject to hydrolysis) is 1. The molecule has 0 aromatic heterocycles. The van der Waals surface area contributed by atoms with Gasteiger partial charge in [-0.2, -0.15) is 0 Å². The molecule has 3 aromatic rings. The lowest BCUT2D eigenvalue weighted by Gasteiger charge is -2.22. The molecule has 186 valence electrons. The van der Waals surface area contributed by atoms with E-state index in [4.69, 9.17) is 9.47 Å². The Morgan fingerprint density at radius 1 is 0.778 bits per heavy atom. The van der Waals surface area contributed by atoms with Gasteiger partial charge in [-0.15, -0.1) is 0 Å². The number of rotatable bonds is 11. The van der Waals surface area contributed by atoms with Crippen molar-refractivity contribution in [3.05, 3.63) is 114 Å². The summed E-state index contributed by atoms with van der Waals surface area (Å²) in [5.41, 5.74) is 2.64. The van der Waals surface area contributed by atoms with Gasteiger partial charge in [-0.3, -0.25) is 4.79 Å². The summed E-state index contributed by atoms with van der Waals surface area (Å²) in [7, 11) is 1.27. The Kier molecular flexibility index (Phi) is 10.3. The van der Waals surface area contributed by atoms with Gasteiger partial charge in [0.15, 0.2) is 0 Å². The zero-order valence-electron chi connectivity index (χ0n) is 20.1. The lowest BCUT2D eigenvalue weighted by atomic mass is 10.0. The Morgan fingerprint density at radius 2 is 1.36 bits per heavy atom. The Hall–Kier alpha value is -4.39. The topological polar surface area (TPSA) is 93.7 Å². The van der Waals surface area contributed by atoms with E-state index in [1.165, 1.54) is 7.11 Å². The summed E-state index contributed by atoms with van der Waals surface area (Å²) < 4.78 is 10.2. The first-order valence-corrected chi connectivity index (χ1v) is 11.7. The number of carbonyl (C=O) groups is 3. The third-order valence-corrected chi connectivity index (χ3v) is 5.39. The van der Waals surface area contributed by atoms with Crippen LogP contribution in [0.2, 0.25) is 0 Å². The lowest BCUT2D eigenvalue weighted by molar-refractivity contribution is -0.145. The van der Waals surface area contributed by atoms with Gasteiger partial charge in [0.05, 0.1) is 7.11 Å². The van der Waals surface area contributed by atoms with E-state index in [2.05, 4.69) is 10.6 Å². The van der Waals surface area contributed by atoms with E-state index in [0.29, 0.717) is 0 Å². The van der Waals surface area contributed by atoms with E-state index >= 15 is 0 Å². The van der Waals surface area contributed by atoms with Gasteiger partial charge in [0.2, 0.25) is 5.91 Å². The van der Waals surface area contributed by atoms with Crippen molar-refractivity contribution < 1.29 is 23.9 Å². The predicted molar refractivity (Wildman–Crippen MR) is 138 cm³/mol. The second-order valence-electron chi connectivity index (χ2n) is 8.08. The lowest BCUT2D eigenvalue weighted by Crippen LogP contribution is -2.52. The fraction of sp³-hybridized carbons (Fsp3) is 0.207. The predicted octanol–water partition coefficient (Wildman–Crippen LogP) is 4.29. The molecule has 3 rings (SSSR count). The van der Waals surface area contributed by atoms with E-state index in [0.717, 1.165) is 16.7 Å². The summed E-state index contributed by atoms with van der Waals surface area (Å²) in [4.78, 5) is 38.1. The first-order chi connectivity index (χ1) is 17.5. The highest BCUT2D eigenvalue weighted by Gasteiger charge is 2.27. The van der Waals surface area contributed by atoms with Crippen LogP contribution < -0.4 is 10.6 Å². The number of amides is 2. The van der Waals surface area contributed by atoms with E-state index < -0.39 is 30.1 Å². The van der Waals surface area contributed by atoms with Gasteiger partial charge in [0, 0.05) is 6.42 Å². The minimum atomic E-state index is -0.957. The van der Waals surface area contributed by atoms with Crippen molar-refractivity contribution in [2.24, 2.45) is 0 Å². The van der Waals surface area contributed by atoms with Crippen molar-refractivity contribution >= 4 is 24.0 Å². The maximum Gasteiger partial charge on any atom is 0.408 e. The number of esters is 1. The Morgan fingerprint density at radius 3 is 1.97 bits per heavy atom. The van der Waals surface area contributed by atoms with Gasteiger partial charge < -0.3 is 20.1 Å². The molecular formula is C29H30N2O5. The molecule has 0 spiro atoms. The van der Waals surface area contributed by atoms with Crippen molar-refractivity contribution in [2.75, 3.05) is 7.11 Å².